The number of anilines is 1. The summed E-state index contributed by atoms with van der Waals surface area (Å²) < 4.78 is 11.3. The van der Waals surface area contributed by atoms with Crippen molar-refractivity contribution in [2.24, 2.45) is 0 Å². The smallest absolute Gasteiger partial charge is 0.257 e. The van der Waals surface area contributed by atoms with E-state index in [1.54, 1.807) is 17.0 Å². The molecule has 7 heteroatoms. The van der Waals surface area contributed by atoms with Gasteiger partial charge < -0.3 is 24.8 Å². The van der Waals surface area contributed by atoms with Crippen molar-refractivity contribution in [1.82, 2.24) is 4.90 Å². The van der Waals surface area contributed by atoms with Crippen LogP contribution in [-0.2, 0) is 4.74 Å². The van der Waals surface area contributed by atoms with Gasteiger partial charge in [-0.15, -0.1) is 0 Å². The van der Waals surface area contributed by atoms with E-state index in [0.29, 0.717) is 24.5 Å². The van der Waals surface area contributed by atoms with Crippen molar-refractivity contribution in [3.63, 3.8) is 0 Å². The van der Waals surface area contributed by atoms with Gasteiger partial charge in [0.2, 0.25) is 0 Å². The number of ether oxygens (including phenoxy) is 2. The lowest BCUT2D eigenvalue weighted by atomic mass is 10.0. The van der Waals surface area contributed by atoms with Crippen molar-refractivity contribution in [3.05, 3.63) is 52.5 Å². The van der Waals surface area contributed by atoms with Crippen LogP contribution >= 0.6 is 11.6 Å². The number of hydrogen-bond acceptors (Lipinski definition) is 5. The summed E-state index contributed by atoms with van der Waals surface area (Å²) in [5.74, 6) is 0.146. The second-order valence-corrected chi connectivity index (χ2v) is 7.37. The molecule has 2 N–H and O–H groups in total. The first-order valence-electron chi connectivity index (χ1n) is 9.51. The fraction of sp³-hybridized carbons (Fsp3) is 0.381. The first-order valence-corrected chi connectivity index (χ1v) is 9.89. The maximum Gasteiger partial charge on any atom is 0.257 e. The Morgan fingerprint density at radius 2 is 2.18 bits per heavy atom. The van der Waals surface area contributed by atoms with E-state index in [1.165, 1.54) is 0 Å². The summed E-state index contributed by atoms with van der Waals surface area (Å²) in [4.78, 5) is 15.0. The van der Waals surface area contributed by atoms with Crippen molar-refractivity contribution in [3.8, 4) is 11.5 Å². The molecule has 0 saturated carbocycles. The average Bonchev–Trinajstić information content (AvgIpc) is 3.21. The van der Waals surface area contributed by atoms with E-state index in [4.69, 9.17) is 21.1 Å². The van der Waals surface area contributed by atoms with Crippen molar-refractivity contribution < 1.29 is 19.4 Å². The van der Waals surface area contributed by atoms with Gasteiger partial charge in [-0.1, -0.05) is 23.7 Å². The Labute approximate surface area is 169 Å². The average molecular weight is 403 g/mol. The van der Waals surface area contributed by atoms with E-state index >= 15 is 0 Å². The highest BCUT2D eigenvalue weighted by atomic mass is 35.5. The van der Waals surface area contributed by atoms with Crippen LogP contribution in [0.3, 0.4) is 0 Å². The number of benzene rings is 2. The van der Waals surface area contributed by atoms with Gasteiger partial charge >= 0.3 is 0 Å². The predicted molar refractivity (Wildman–Crippen MR) is 107 cm³/mol. The van der Waals surface area contributed by atoms with E-state index in [0.717, 1.165) is 30.7 Å². The molecule has 0 bridgehead atoms. The zero-order chi connectivity index (χ0) is 19.7. The molecule has 0 aromatic heterocycles. The highest BCUT2D eigenvalue weighted by Gasteiger charge is 2.35. The Bertz CT molecular complexity index is 883. The number of fused-ring (bicyclic) bond motifs is 1. The van der Waals surface area contributed by atoms with Gasteiger partial charge in [0.15, 0.2) is 11.5 Å². The molecule has 1 saturated heterocycles. The maximum absolute atomic E-state index is 13.3. The normalized spacial score (nSPS) is 21.4. The summed E-state index contributed by atoms with van der Waals surface area (Å²) in [5.41, 5.74) is 2.14. The van der Waals surface area contributed by atoms with Crippen LogP contribution in [0.2, 0.25) is 5.02 Å². The number of nitrogens with one attached hydrogen (secondary N) is 1. The minimum atomic E-state index is -0.441. The molecule has 2 aliphatic heterocycles. The molecule has 6 nitrogen and oxygen atoms in total. The number of amides is 1. The highest BCUT2D eigenvalue weighted by Crippen LogP contribution is 2.40. The van der Waals surface area contributed by atoms with Crippen LogP contribution in [0.25, 0.3) is 0 Å². The van der Waals surface area contributed by atoms with Crippen LogP contribution < -0.4 is 10.1 Å². The zero-order valence-electron chi connectivity index (χ0n) is 15.7. The van der Waals surface area contributed by atoms with Gasteiger partial charge in [0, 0.05) is 24.4 Å². The Balaban J connectivity index is 1.75. The van der Waals surface area contributed by atoms with E-state index < -0.39 is 6.17 Å². The van der Waals surface area contributed by atoms with E-state index in [-0.39, 0.29) is 22.8 Å². The Morgan fingerprint density at radius 1 is 1.36 bits per heavy atom. The predicted octanol–water partition coefficient (Wildman–Crippen LogP) is 4.19. The molecule has 2 heterocycles. The number of carbonyl (C=O) groups excluding carboxylic acids is 1. The quantitative estimate of drug-likeness (QED) is 0.784. The van der Waals surface area contributed by atoms with Gasteiger partial charge in [-0.25, -0.2) is 0 Å². The number of aromatic hydroxyl groups is 1. The van der Waals surface area contributed by atoms with Gasteiger partial charge in [0.05, 0.1) is 23.3 Å². The van der Waals surface area contributed by atoms with Crippen LogP contribution in [0.1, 0.15) is 41.9 Å². The molecular formula is C21H23ClN2O4. The molecule has 0 radical (unpaired) electrons. The number of rotatable bonds is 5. The monoisotopic (exact) mass is 402 g/mol. The summed E-state index contributed by atoms with van der Waals surface area (Å²) in [6.45, 7) is 3.43. The number of phenolic OH excluding ortho intramolecular Hbond substituents is 1. The van der Waals surface area contributed by atoms with Crippen molar-refractivity contribution in [2.45, 2.75) is 32.0 Å². The van der Waals surface area contributed by atoms with Gasteiger partial charge in [-0.2, -0.15) is 0 Å². The fourth-order valence-electron chi connectivity index (χ4n) is 3.77. The molecule has 28 heavy (non-hydrogen) atoms. The molecule has 2 aromatic rings. The molecule has 4 rings (SSSR count). The van der Waals surface area contributed by atoms with E-state index in [1.807, 2.05) is 31.2 Å². The Hall–Kier alpha value is -2.44. The van der Waals surface area contributed by atoms with Crippen molar-refractivity contribution >= 4 is 23.2 Å². The molecule has 2 aromatic carbocycles. The molecule has 1 fully saturated rings. The lowest BCUT2D eigenvalue weighted by molar-refractivity contribution is 0.0426. The van der Waals surface area contributed by atoms with Gasteiger partial charge in [-0.05, 0) is 44.0 Å². The van der Waals surface area contributed by atoms with E-state index in [9.17, 15) is 9.90 Å². The lowest BCUT2D eigenvalue weighted by Gasteiger charge is -2.39. The molecule has 1 amide bonds. The largest absolute Gasteiger partial charge is 0.503 e. The molecule has 2 aliphatic rings. The number of para-hydroxylation sites is 1. The number of halogens is 1. The summed E-state index contributed by atoms with van der Waals surface area (Å²) >= 11 is 6.24. The van der Waals surface area contributed by atoms with Gasteiger partial charge in [0.1, 0.15) is 6.17 Å². The minimum absolute atomic E-state index is 0.0115. The third-order valence-corrected chi connectivity index (χ3v) is 5.40. The lowest BCUT2D eigenvalue weighted by Crippen LogP contribution is -2.46. The van der Waals surface area contributed by atoms with Crippen molar-refractivity contribution in [2.75, 3.05) is 25.1 Å². The van der Waals surface area contributed by atoms with Gasteiger partial charge in [0.25, 0.3) is 5.91 Å². The second-order valence-electron chi connectivity index (χ2n) is 6.97. The number of carbonyl (C=O) groups is 1. The standard InChI is InChI=1S/C21H23ClN2O4/c1-2-27-18-11-13(10-16(22)19(18)25)20-23-17-8-4-3-7-15(17)21(26)24(20)12-14-6-5-9-28-14/h3-4,7-8,10-11,14,20,23,25H,2,5-6,9,12H2,1H3/t14-,20+/m0/s1. The third-order valence-electron chi connectivity index (χ3n) is 5.11. The van der Waals surface area contributed by atoms with Crippen LogP contribution in [0.4, 0.5) is 5.69 Å². The first-order chi connectivity index (χ1) is 13.6. The molecule has 2 atom stereocenters. The molecule has 0 unspecified atom stereocenters. The fourth-order valence-corrected chi connectivity index (χ4v) is 3.99. The number of nitrogens with zero attached hydrogens (tertiary/aromatic N) is 1. The highest BCUT2D eigenvalue weighted by molar-refractivity contribution is 6.32. The Morgan fingerprint density at radius 3 is 2.93 bits per heavy atom. The second kappa shape index (κ2) is 7.89. The molecule has 148 valence electrons. The summed E-state index contributed by atoms with van der Waals surface area (Å²) in [6, 6.07) is 10.8. The van der Waals surface area contributed by atoms with Gasteiger partial charge in [-0.3, -0.25) is 4.79 Å². The topological polar surface area (TPSA) is 71.0 Å². The van der Waals surface area contributed by atoms with Crippen molar-refractivity contribution in [1.29, 1.82) is 0 Å². The van der Waals surface area contributed by atoms with E-state index in [2.05, 4.69) is 5.32 Å². The SMILES string of the molecule is CCOc1cc([C@@H]2Nc3ccccc3C(=O)N2C[C@@H]2CCCO2)cc(Cl)c1O. The summed E-state index contributed by atoms with van der Waals surface area (Å²) in [5, 5.41) is 13.8. The van der Waals surface area contributed by atoms with Crippen LogP contribution in [0.15, 0.2) is 36.4 Å². The summed E-state index contributed by atoms with van der Waals surface area (Å²) in [7, 11) is 0. The maximum atomic E-state index is 13.3. The number of phenols is 1. The molecule has 0 aliphatic carbocycles. The summed E-state index contributed by atoms with van der Waals surface area (Å²) in [6.07, 6.45) is 1.50. The molecular weight excluding hydrogens is 380 g/mol. The number of hydrogen-bond donors (Lipinski definition) is 2. The Kier molecular flexibility index (Phi) is 5.33. The zero-order valence-corrected chi connectivity index (χ0v) is 16.4. The van der Waals surface area contributed by atoms with Crippen LogP contribution in [-0.4, -0.2) is 41.8 Å². The third kappa shape index (κ3) is 3.50. The first kappa shape index (κ1) is 18.9. The minimum Gasteiger partial charge on any atom is -0.503 e. The van der Waals surface area contributed by atoms with Crippen LogP contribution in [0, 0.1) is 0 Å². The molecule has 0 spiro atoms. The van der Waals surface area contributed by atoms with Crippen LogP contribution in [0.5, 0.6) is 11.5 Å².